The molecule has 1 aliphatic rings. The number of nitrogens with zero attached hydrogens (tertiary/aromatic N) is 2. The molecule has 8 heteroatoms. The maximum atomic E-state index is 12.6. The highest BCUT2D eigenvalue weighted by molar-refractivity contribution is 8.00. The van der Waals surface area contributed by atoms with Gasteiger partial charge in [0.2, 0.25) is 5.91 Å². The molecule has 0 spiro atoms. The van der Waals surface area contributed by atoms with Crippen LogP contribution in [0.25, 0.3) is 10.2 Å². The van der Waals surface area contributed by atoms with Gasteiger partial charge >= 0.3 is 0 Å². The molecule has 1 atom stereocenters. The molecule has 0 saturated heterocycles. The van der Waals surface area contributed by atoms with Crippen LogP contribution in [0, 0.1) is 5.92 Å². The lowest BCUT2D eigenvalue weighted by Gasteiger charge is -2.18. The standard InChI is InChI=1S/C21H23N3O3S2/c1-12-4-6-14-17(8-12)29-21-19(14)20(22-11-23-21)28-10-18(25)24-15-9-13(26-2)5-7-16(15)27-3/h5,7,9,11-12H,4,6,8,10H2,1-3H3,(H,24,25)/t12-/m0/s1. The second kappa shape index (κ2) is 8.59. The topological polar surface area (TPSA) is 73.3 Å². The molecule has 1 amide bonds. The largest absolute Gasteiger partial charge is 0.497 e. The summed E-state index contributed by atoms with van der Waals surface area (Å²) in [7, 11) is 3.16. The van der Waals surface area contributed by atoms with E-state index in [1.165, 1.54) is 28.6 Å². The summed E-state index contributed by atoms with van der Waals surface area (Å²) in [6, 6.07) is 5.32. The number of anilines is 1. The minimum atomic E-state index is -0.119. The third-order valence-electron chi connectivity index (χ3n) is 5.08. The number of carbonyl (C=O) groups excluding carboxylic acids is 1. The van der Waals surface area contributed by atoms with E-state index in [2.05, 4.69) is 22.2 Å². The smallest absolute Gasteiger partial charge is 0.234 e. The summed E-state index contributed by atoms with van der Waals surface area (Å²) in [5, 5.41) is 4.93. The van der Waals surface area contributed by atoms with Crippen molar-refractivity contribution >= 4 is 44.9 Å². The maximum absolute atomic E-state index is 12.6. The van der Waals surface area contributed by atoms with Crippen molar-refractivity contribution in [1.29, 1.82) is 0 Å². The lowest BCUT2D eigenvalue weighted by Crippen LogP contribution is -2.15. The highest BCUT2D eigenvalue weighted by Crippen LogP contribution is 2.40. The maximum Gasteiger partial charge on any atom is 0.234 e. The summed E-state index contributed by atoms with van der Waals surface area (Å²) in [4.78, 5) is 24.0. The minimum Gasteiger partial charge on any atom is -0.497 e. The van der Waals surface area contributed by atoms with Gasteiger partial charge in [-0.3, -0.25) is 4.79 Å². The fourth-order valence-corrected chi connectivity index (χ4v) is 5.83. The number of amides is 1. The lowest BCUT2D eigenvalue weighted by molar-refractivity contribution is -0.113. The Bertz CT molecular complexity index is 1050. The van der Waals surface area contributed by atoms with Gasteiger partial charge in [0.1, 0.15) is 27.7 Å². The molecule has 29 heavy (non-hydrogen) atoms. The Morgan fingerprint density at radius 2 is 2.17 bits per heavy atom. The highest BCUT2D eigenvalue weighted by atomic mass is 32.2. The summed E-state index contributed by atoms with van der Waals surface area (Å²) in [5.74, 6) is 2.10. The van der Waals surface area contributed by atoms with Crippen LogP contribution in [0.1, 0.15) is 23.8 Å². The van der Waals surface area contributed by atoms with E-state index in [1.54, 1.807) is 50.1 Å². The average Bonchev–Trinajstić information content (AvgIpc) is 3.10. The van der Waals surface area contributed by atoms with Crippen LogP contribution in [-0.2, 0) is 17.6 Å². The number of rotatable bonds is 6. The summed E-state index contributed by atoms with van der Waals surface area (Å²) in [5.41, 5.74) is 1.97. The molecule has 3 aromatic rings. The first-order valence-electron chi connectivity index (χ1n) is 9.49. The number of thiophene rings is 1. The zero-order chi connectivity index (χ0) is 20.4. The molecule has 1 aliphatic carbocycles. The summed E-state index contributed by atoms with van der Waals surface area (Å²) in [6.45, 7) is 2.30. The van der Waals surface area contributed by atoms with Crippen molar-refractivity contribution in [2.75, 3.05) is 25.3 Å². The fraction of sp³-hybridized carbons (Fsp3) is 0.381. The van der Waals surface area contributed by atoms with Crippen molar-refractivity contribution in [3.8, 4) is 11.5 Å². The highest BCUT2D eigenvalue weighted by Gasteiger charge is 2.23. The number of nitrogens with one attached hydrogen (secondary N) is 1. The second-order valence-electron chi connectivity index (χ2n) is 7.11. The zero-order valence-corrected chi connectivity index (χ0v) is 18.3. The van der Waals surface area contributed by atoms with Gasteiger partial charge in [0, 0.05) is 16.3 Å². The van der Waals surface area contributed by atoms with Crippen LogP contribution in [0.2, 0.25) is 0 Å². The number of carbonyl (C=O) groups is 1. The van der Waals surface area contributed by atoms with Gasteiger partial charge in [0.15, 0.2) is 0 Å². The van der Waals surface area contributed by atoms with E-state index >= 15 is 0 Å². The van der Waals surface area contributed by atoms with E-state index in [9.17, 15) is 4.79 Å². The first-order valence-corrected chi connectivity index (χ1v) is 11.3. The molecule has 1 aromatic carbocycles. The van der Waals surface area contributed by atoms with Crippen molar-refractivity contribution in [2.45, 2.75) is 31.2 Å². The van der Waals surface area contributed by atoms with Gasteiger partial charge < -0.3 is 14.8 Å². The molecule has 1 N–H and O–H groups in total. The van der Waals surface area contributed by atoms with E-state index in [4.69, 9.17) is 9.47 Å². The summed E-state index contributed by atoms with van der Waals surface area (Å²) >= 11 is 3.22. The van der Waals surface area contributed by atoms with Crippen molar-refractivity contribution in [3.05, 3.63) is 35.0 Å². The fourth-order valence-electron chi connectivity index (χ4n) is 3.59. The van der Waals surface area contributed by atoms with Crippen molar-refractivity contribution in [2.24, 2.45) is 5.92 Å². The summed E-state index contributed by atoms with van der Waals surface area (Å²) in [6.07, 6.45) is 4.95. The molecule has 4 rings (SSSR count). The van der Waals surface area contributed by atoms with Gasteiger partial charge in [-0.25, -0.2) is 9.97 Å². The number of ether oxygens (including phenoxy) is 2. The molecule has 0 bridgehead atoms. The Morgan fingerprint density at radius 1 is 1.31 bits per heavy atom. The predicted molar refractivity (Wildman–Crippen MR) is 118 cm³/mol. The Kier molecular flexibility index (Phi) is 5.91. The molecular weight excluding hydrogens is 406 g/mol. The van der Waals surface area contributed by atoms with Gasteiger partial charge in [0.05, 0.1) is 25.7 Å². The number of thioether (sulfide) groups is 1. The van der Waals surface area contributed by atoms with E-state index in [1.807, 2.05) is 0 Å². The molecule has 0 saturated carbocycles. The normalized spacial score (nSPS) is 15.8. The van der Waals surface area contributed by atoms with E-state index in [-0.39, 0.29) is 11.7 Å². The molecule has 2 heterocycles. The summed E-state index contributed by atoms with van der Waals surface area (Å²) < 4.78 is 10.6. The molecule has 0 fully saturated rings. The molecular formula is C21H23N3O3S2. The number of aryl methyl sites for hydroxylation is 1. The first kappa shape index (κ1) is 20.0. The van der Waals surface area contributed by atoms with E-state index in [0.717, 1.165) is 28.1 Å². The molecule has 0 unspecified atom stereocenters. The lowest BCUT2D eigenvalue weighted by atomic mass is 9.89. The number of fused-ring (bicyclic) bond motifs is 3. The van der Waals surface area contributed by atoms with Crippen LogP contribution in [0.4, 0.5) is 5.69 Å². The van der Waals surface area contributed by atoms with E-state index < -0.39 is 0 Å². The van der Waals surface area contributed by atoms with Crippen LogP contribution < -0.4 is 14.8 Å². The van der Waals surface area contributed by atoms with Crippen molar-refractivity contribution < 1.29 is 14.3 Å². The van der Waals surface area contributed by atoms with Gasteiger partial charge in [-0.05, 0) is 42.9 Å². The van der Waals surface area contributed by atoms with Crippen LogP contribution >= 0.6 is 23.1 Å². The number of hydrogen-bond acceptors (Lipinski definition) is 7. The van der Waals surface area contributed by atoms with Gasteiger partial charge in [-0.15, -0.1) is 11.3 Å². The number of benzene rings is 1. The number of aromatic nitrogens is 2. The Balaban J connectivity index is 1.51. The zero-order valence-electron chi connectivity index (χ0n) is 16.7. The van der Waals surface area contributed by atoms with Crippen LogP contribution in [0.15, 0.2) is 29.6 Å². The van der Waals surface area contributed by atoms with Crippen molar-refractivity contribution in [3.63, 3.8) is 0 Å². The third kappa shape index (κ3) is 4.18. The van der Waals surface area contributed by atoms with Gasteiger partial charge in [-0.1, -0.05) is 18.7 Å². The first-order chi connectivity index (χ1) is 14.1. The molecule has 2 aromatic heterocycles. The van der Waals surface area contributed by atoms with E-state index in [0.29, 0.717) is 23.1 Å². The SMILES string of the molecule is COc1ccc(OC)c(NC(=O)CSc2ncnc3sc4c(c23)CC[C@H](C)C4)c1. The Labute approximate surface area is 178 Å². The second-order valence-corrected chi connectivity index (χ2v) is 9.16. The molecule has 0 aliphatic heterocycles. The quantitative estimate of drug-likeness (QED) is 0.457. The van der Waals surface area contributed by atoms with Crippen molar-refractivity contribution in [1.82, 2.24) is 9.97 Å². The average molecular weight is 430 g/mol. The third-order valence-corrected chi connectivity index (χ3v) is 7.23. The monoisotopic (exact) mass is 429 g/mol. The predicted octanol–water partition coefficient (Wildman–Crippen LogP) is 4.56. The van der Waals surface area contributed by atoms with Gasteiger partial charge in [0.25, 0.3) is 0 Å². The Morgan fingerprint density at radius 3 is 2.97 bits per heavy atom. The molecule has 152 valence electrons. The Hall–Kier alpha value is -2.32. The minimum absolute atomic E-state index is 0.119. The van der Waals surface area contributed by atoms with Crippen LogP contribution in [-0.4, -0.2) is 35.8 Å². The van der Waals surface area contributed by atoms with Gasteiger partial charge in [-0.2, -0.15) is 0 Å². The number of hydrogen-bond donors (Lipinski definition) is 1. The van der Waals surface area contributed by atoms with Crippen LogP contribution in [0.3, 0.4) is 0 Å². The molecule has 6 nitrogen and oxygen atoms in total. The number of methoxy groups -OCH3 is 2. The van der Waals surface area contributed by atoms with Crippen LogP contribution in [0.5, 0.6) is 11.5 Å². The molecule has 0 radical (unpaired) electrons.